The Kier molecular flexibility index (Phi) is 4.93. The van der Waals surface area contributed by atoms with Crippen molar-refractivity contribution in [2.24, 2.45) is 5.92 Å². The van der Waals surface area contributed by atoms with Crippen molar-refractivity contribution in [2.45, 2.75) is 19.1 Å². The molecule has 2 heterocycles. The maximum absolute atomic E-state index is 12.5. The summed E-state index contributed by atoms with van der Waals surface area (Å²) in [6.07, 6.45) is 3.17. The van der Waals surface area contributed by atoms with Gasteiger partial charge in [-0.25, -0.2) is 8.42 Å². The largest absolute Gasteiger partial charge is 0.350 e. The minimum atomic E-state index is -3.40. The normalized spacial score (nSPS) is 25.0. The lowest BCUT2D eigenvalue weighted by molar-refractivity contribution is -0.0939. The number of sulfonamides is 1. The molecule has 2 saturated heterocycles. The number of benzene rings is 1. The molecular weight excluding hydrogens is 302 g/mol. The van der Waals surface area contributed by atoms with E-state index in [-0.39, 0.29) is 12.2 Å². The first-order valence-electron chi connectivity index (χ1n) is 7.62. The fourth-order valence-corrected chi connectivity index (χ4v) is 4.17. The van der Waals surface area contributed by atoms with E-state index in [1.807, 2.05) is 30.3 Å². The first-order chi connectivity index (χ1) is 10.6. The summed E-state index contributed by atoms with van der Waals surface area (Å²) in [5.41, 5.74) is 0.877. The van der Waals surface area contributed by atoms with Gasteiger partial charge >= 0.3 is 0 Å². The number of rotatable bonds is 4. The van der Waals surface area contributed by atoms with Gasteiger partial charge in [-0.05, 0) is 24.5 Å². The van der Waals surface area contributed by atoms with Crippen LogP contribution in [0, 0.1) is 5.92 Å². The van der Waals surface area contributed by atoms with Crippen molar-refractivity contribution < 1.29 is 17.9 Å². The van der Waals surface area contributed by atoms with Crippen LogP contribution in [0.1, 0.15) is 18.4 Å². The second-order valence-corrected chi connectivity index (χ2v) is 7.45. The summed E-state index contributed by atoms with van der Waals surface area (Å²) in [6.45, 7) is 2.22. The first-order valence-corrected chi connectivity index (χ1v) is 9.12. The molecule has 0 N–H and O–H groups in total. The SMILES string of the molecule is O=S(=O)(/C=C\c1ccccc1)N1CCC[C@H](C2OCCO2)C1. The van der Waals surface area contributed by atoms with Crippen LogP contribution < -0.4 is 0 Å². The summed E-state index contributed by atoms with van der Waals surface area (Å²) >= 11 is 0. The summed E-state index contributed by atoms with van der Waals surface area (Å²) in [4.78, 5) is 0. The average molecular weight is 323 g/mol. The molecular formula is C16H21NO4S. The van der Waals surface area contributed by atoms with Gasteiger partial charge in [-0.3, -0.25) is 0 Å². The van der Waals surface area contributed by atoms with Crippen LogP contribution >= 0.6 is 0 Å². The Morgan fingerprint density at radius 3 is 2.59 bits per heavy atom. The molecule has 2 aliphatic rings. The van der Waals surface area contributed by atoms with Gasteiger partial charge in [-0.15, -0.1) is 0 Å². The second-order valence-electron chi connectivity index (χ2n) is 5.63. The Morgan fingerprint density at radius 1 is 1.14 bits per heavy atom. The molecule has 0 aliphatic carbocycles. The van der Waals surface area contributed by atoms with Crippen LogP contribution in [-0.2, 0) is 19.5 Å². The third-order valence-electron chi connectivity index (χ3n) is 4.04. The van der Waals surface area contributed by atoms with E-state index >= 15 is 0 Å². The summed E-state index contributed by atoms with van der Waals surface area (Å²) in [7, 11) is -3.40. The van der Waals surface area contributed by atoms with Gasteiger partial charge in [0, 0.05) is 24.4 Å². The van der Waals surface area contributed by atoms with Crippen LogP contribution in [0.4, 0.5) is 0 Å². The summed E-state index contributed by atoms with van der Waals surface area (Å²) in [5, 5.41) is 1.29. The van der Waals surface area contributed by atoms with Gasteiger partial charge in [-0.1, -0.05) is 30.3 Å². The van der Waals surface area contributed by atoms with Crippen molar-refractivity contribution in [1.29, 1.82) is 0 Å². The zero-order valence-electron chi connectivity index (χ0n) is 12.4. The van der Waals surface area contributed by atoms with Crippen molar-refractivity contribution in [3.8, 4) is 0 Å². The number of hydrogen-bond acceptors (Lipinski definition) is 4. The van der Waals surface area contributed by atoms with Crippen molar-refractivity contribution in [3.63, 3.8) is 0 Å². The fourth-order valence-electron chi connectivity index (χ4n) is 2.89. The zero-order chi connectivity index (χ0) is 15.4. The molecule has 22 heavy (non-hydrogen) atoms. The molecule has 0 bridgehead atoms. The number of piperidine rings is 1. The molecule has 0 aromatic heterocycles. The Hall–Kier alpha value is -1.21. The highest BCUT2D eigenvalue weighted by Crippen LogP contribution is 2.26. The van der Waals surface area contributed by atoms with E-state index in [0.717, 1.165) is 18.4 Å². The molecule has 5 nitrogen and oxygen atoms in total. The summed E-state index contributed by atoms with van der Waals surface area (Å²) in [6, 6.07) is 9.44. The highest BCUT2D eigenvalue weighted by atomic mass is 32.2. The lowest BCUT2D eigenvalue weighted by Gasteiger charge is -2.33. The van der Waals surface area contributed by atoms with E-state index in [9.17, 15) is 8.42 Å². The van der Waals surface area contributed by atoms with Gasteiger partial charge in [0.25, 0.3) is 0 Å². The topological polar surface area (TPSA) is 55.8 Å². The highest BCUT2D eigenvalue weighted by Gasteiger charge is 2.34. The Morgan fingerprint density at radius 2 is 1.86 bits per heavy atom. The van der Waals surface area contributed by atoms with Gasteiger partial charge in [-0.2, -0.15) is 4.31 Å². The Balaban J connectivity index is 1.67. The molecule has 1 aromatic carbocycles. The summed E-state index contributed by atoms with van der Waals surface area (Å²) in [5.74, 6) is 0.121. The van der Waals surface area contributed by atoms with E-state index in [2.05, 4.69) is 0 Å². The van der Waals surface area contributed by atoms with Gasteiger partial charge in [0.05, 0.1) is 13.2 Å². The molecule has 0 unspecified atom stereocenters. The predicted octanol–water partition coefficient (Wildman–Crippen LogP) is 2.07. The Labute approximate surface area is 131 Å². The maximum Gasteiger partial charge on any atom is 0.236 e. The smallest absolute Gasteiger partial charge is 0.236 e. The van der Waals surface area contributed by atoms with Gasteiger partial charge < -0.3 is 9.47 Å². The summed E-state index contributed by atoms with van der Waals surface area (Å²) < 4.78 is 37.5. The third-order valence-corrected chi connectivity index (χ3v) is 5.58. The predicted molar refractivity (Wildman–Crippen MR) is 84.4 cm³/mol. The molecule has 0 amide bonds. The first kappa shape index (κ1) is 15.7. The van der Waals surface area contributed by atoms with Gasteiger partial charge in [0.15, 0.2) is 6.29 Å². The van der Waals surface area contributed by atoms with E-state index in [0.29, 0.717) is 26.3 Å². The van der Waals surface area contributed by atoms with Crippen molar-refractivity contribution in [1.82, 2.24) is 4.31 Å². The van der Waals surface area contributed by atoms with Crippen LogP contribution in [-0.4, -0.2) is 45.3 Å². The highest BCUT2D eigenvalue weighted by molar-refractivity contribution is 7.92. The maximum atomic E-state index is 12.5. The zero-order valence-corrected chi connectivity index (χ0v) is 13.2. The van der Waals surface area contributed by atoms with E-state index in [1.165, 1.54) is 9.71 Å². The molecule has 0 saturated carbocycles. The molecule has 2 aliphatic heterocycles. The molecule has 1 aromatic rings. The van der Waals surface area contributed by atoms with Crippen LogP contribution in [0.15, 0.2) is 35.7 Å². The van der Waals surface area contributed by atoms with Crippen LogP contribution in [0.25, 0.3) is 6.08 Å². The molecule has 1 atom stereocenters. The monoisotopic (exact) mass is 323 g/mol. The Bertz CT molecular complexity index is 608. The van der Waals surface area contributed by atoms with Crippen molar-refractivity contribution in [2.75, 3.05) is 26.3 Å². The minimum absolute atomic E-state index is 0.121. The van der Waals surface area contributed by atoms with Crippen LogP contribution in [0.2, 0.25) is 0 Å². The van der Waals surface area contributed by atoms with E-state index in [4.69, 9.17) is 9.47 Å². The van der Waals surface area contributed by atoms with Crippen molar-refractivity contribution >= 4 is 16.1 Å². The molecule has 0 radical (unpaired) electrons. The lowest BCUT2D eigenvalue weighted by atomic mass is 9.99. The van der Waals surface area contributed by atoms with Gasteiger partial charge in [0.1, 0.15) is 0 Å². The van der Waals surface area contributed by atoms with E-state index < -0.39 is 10.0 Å². The molecule has 6 heteroatoms. The number of ether oxygens (including phenoxy) is 2. The molecule has 3 rings (SSSR count). The minimum Gasteiger partial charge on any atom is -0.350 e. The van der Waals surface area contributed by atoms with Gasteiger partial charge in [0.2, 0.25) is 10.0 Å². The quantitative estimate of drug-likeness (QED) is 0.851. The number of nitrogens with zero attached hydrogens (tertiary/aromatic N) is 1. The average Bonchev–Trinajstić information content (AvgIpc) is 3.09. The third kappa shape index (κ3) is 3.76. The fraction of sp³-hybridized carbons (Fsp3) is 0.500. The molecule has 0 spiro atoms. The lowest BCUT2D eigenvalue weighted by Crippen LogP contribution is -2.43. The molecule has 120 valence electrons. The van der Waals surface area contributed by atoms with E-state index in [1.54, 1.807) is 6.08 Å². The second kappa shape index (κ2) is 6.91. The van der Waals surface area contributed by atoms with Crippen molar-refractivity contribution in [3.05, 3.63) is 41.3 Å². The molecule has 2 fully saturated rings. The standard InChI is InChI=1S/C16H21NO4S/c18-22(19,12-8-14-5-2-1-3-6-14)17-9-4-7-15(13-17)16-20-10-11-21-16/h1-3,5-6,8,12,15-16H,4,7,9-11,13H2/b12-8-/t15-/m0/s1. The van der Waals surface area contributed by atoms with Crippen LogP contribution in [0.3, 0.4) is 0 Å². The number of hydrogen-bond donors (Lipinski definition) is 0. The van der Waals surface area contributed by atoms with Crippen LogP contribution in [0.5, 0.6) is 0 Å².